The maximum Gasteiger partial charge on any atom is 0.227 e. The van der Waals surface area contributed by atoms with E-state index in [4.69, 9.17) is 4.52 Å². The molecule has 0 atom stereocenters. The molecule has 3 heterocycles. The Hall–Kier alpha value is -2.51. The van der Waals surface area contributed by atoms with Gasteiger partial charge in [-0.15, -0.1) is 0 Å². The molecule has 0 bridgehead atoms. The van der Waals surface area contributed by atoms with Gasteiger partial charge >= 0.3 is 0 Å². The van der Waals surface area contributed by atoms with E-state index in [-0.39, 0.29) is 5.91 Å². The van der Waals surface area contributed by atoms with Gasteiger partial charge in [0.05, 0.1) is 0 Å². The fourth-order valence-electron chi connectivity index (χ4n) is 2.83. The van der Waals surface area contributed by atoms with E-state index in [9.17, 15) is 4.79 Å². The highest BCUT2D eigenvalue weighted by atomic mass is 32.1. The van der Waals surface area contributed by atoms with Gasteiger partial charge in [-0.05, 0) is 28.1 Å². The topological polar surface area (TPSA) is 80.0 Å². The molecule has 0 radical (unpaired) electrons. The number of aryl methyl sites for hydroxylation is 1. The monoisotopic (exact) mass is 354 g/mol. The van der Waals surface area contributed by atoms with Crippen molar-refractivity contribution in [1.82, 2.24) is 20.8 Å². The number of nitrogens with zero attached hydrogens (tertiary/aromatic N) is 2. The molecule has 2 aromatic heterocycles. The van der Waals surface area contributed by atoms with E-state index in [1.54, 1.807) is 11.3 Å². The zero-order valence-electron chi connectivity index (χ0n) is 13.6. The SMILES string of the molecule is O=C(CCc1nc(-c2ccsc2)no1)NCc1ccc2c(c1)CNC2. The summed E-state index contributed by atoms with van der Waals surface area (Å²) in [5, 5.41) is 14.1. The number of carbonyl (C=O) groups excluding carboxylic acids is 1. The first-order valence-electron chi connectivity index (χ1n) is 8.21. The molecule has 0 spiro atoms. The molecule has 128 valence electrons. The highest BCUT2D eigenvalue weighted by Crippen LogP contribution is 2.19. The molecule has 1 aliphatic rings. The molecule has 1 aromatic carbocycles. The third-order valence-electron chi connectivity index (χ3n) is 4.20. The minimum Gasteiger partial charge on any atom is -0.352 e. The lowest BCUT2D eigenvalue weighted by Gasteiger charge is -2.06. The van der Waals surface area contributed by atoms with Gasteiger partial charge in [0.2, 0.25) is 17.6 Å². The summed E-state index contributed by atoms with van der Waals surface area (Å²) in [5.74, 6) is 1.04. The molecule has 25 heavy (non-hydrogen) atoms. The van der Waals surface area contributed by atoms with E-state index in [0.717, 1.165) is 24.2 Å². The van der Waals surface area contributed by atoms with E-state index < -0.39 is 0 Å². The van der Waals surface area contributed by atoms with E-state index in [2.05, 4.69) is 39.0 Å². The summed E-state index contributed by atoms with van der Waals surface area (Å²) in [6, 6.07) is 8.29. The number of benzene rings is 1. The Labute approximate surface area is 149 Å². The summed E-state index contributed by atoms with van der Waals surface area (Å²) in [5.41, 5.74) is 4.72. The van der Waals surface area contributed by atoms with Crippen LogP contribution < -0.4 is 10.6 Å². The first-order chi connectivity index (χ1) is 12.3. The number of hydrogen-bond donors (Lipinski definition) is 2. The molecule has 0 saturated heterocycles. The second-order valence-electron chi connectivity index (χ2n) is 6.01. The fourth-order valence-corrected chi connectivity index (χ4v) is 3.47. The average molecular weight is 354 g/mol. The Morgan fingerprint density at radius 3 is 3.08 bits per heavy atom. The Bertz CT molecular complexity index is 873. The van der Waals surface area contributed by atoms with Crippen LogP contribution in [-0.4, -0.2) is 16.0 Å². The molecular formula is C18H18N4O2S. The van der Waals surface area contributed by atoms with Crippen molar-refractivity contribution in [2.75, 3.05) is 0 Å². The van der Waals surface area contributed by atoms with Crippen LogP contribution in [0.2, 0.25) is 0 Å². The van der Waals surface area contributed by atoms with Crippen LogP contribution in [0.5, 0.6) is 0 Å². The smallest absolute Gasteiger partial charge is 0.227 e. The van der Waals surface area contributed by atoms with Gasteiger partial charge in [-0.3, -0.25) is 4.79 Å². The number of nitrogens with one attached hydrogen (secondary N) is 2. The van der Waals surface area contributed by atoms with Crippen molar-refractivity contribution in [3.8, 4) is 11.4 Å². The molecule has 0 unspecified atom stereocenters. The van der Waals surface area contributed by atoms with Gasteiger partial charge in [0, 0.05) is 43.4 Å². The average Bonchev–Trinajstić information content (AvgIpc) is 3.38. The third-order valence-corrected chi connectivity index (χ3v) is 4.89. The maximum absolute atomic E-state index is 12.0. The minimum atomic E-state index is -0.0195. The van der Waals surface area contributed by atoms with Crippen LogP contribution >= 0.6 is 11.3 Å². The molecular weight excluding hydrogens is 336 g/mol. The van der Waals surface area contributed by atoms with Crippen molar-refractivity contribution < 1.29 is 9.32 Å². The van der Waals surface area contributed by atoms with E-state index in [0.29, 0.717) is 31.1 Å². The molecule has 0 fully saturated rings. The highest BCUT2D eigenvalue weighted by Gasteiger charge is 2.12. The van der Waals surface area contributed by atoms with Crippen molar-refractivity contribution in [3.05, 3.63) is 57.6 Å². The summed E-state index contributed by atoms with van der Waals surface area (Å²) in [4.78, 5) is 16.4. The molecule has 7 heteroatoms. The van der Waals surface area contributed by atoms with Crippen LogP contribution in [0.4, 0.5) is 0 Å². The minimum absolute atomic E-state index is 0.0195. The lowest BCUT2D eigenvalue weighted by Crippen LogP contribution is -2.23. The number of hydrogen-bond acceptors (Lipinski definition) is 6. The first-order valence-corrected chi connectivity index (χ1v) is 9.15. The maximum atomic E-state index is 12.0. The number of fused-ring (bicyclic) bond motifs is 1. The van der Waals surface area contributed by atoms with Crippen LogP contribution in [0.1, 0.15) is 29.0 Å². The van der Waals surface area contributed by atoms with Gasteiger partial charge in [0.15, 0.2) is 0 Å². The lowest BCUT2D eigenvalue weighted by molar-refractivity contribution is -0.121. The van der Waals surface area contributed by atoms with Gasteiger partial charge in [-0.25, -0.2) is 0 Å². The number of thiophene rings is 1. The van der Waals surface area contributed by atoms with Gasteiger partial charge in [0.1, 0.15) is 0 Å². The van der Waals surface area contributed by atoms with Crippen molar-refractivity contribution in [1.29, 1.82) is 0 Å². The summed E-state index contributed by atoms with van der Waals surface area (Å²) in [7, 11) is 0. The predicted octanol–water partition coefficient (Wildman–Crippen LogP) is 2.65. The van der Waals surface area contributed by atoms with Crippen LogP contribution in [0.15, 0.2) is 39.5 Å². The van der Waals surface area contributed by atoms with Gasteiger partial charge < -0.3 is 15.2 Å². The largest absolute Gasteiger partial charge is 0.352 e. The van der Waals surface area contributed by atoms with Crippen molar-refractivity contribution in [3.63, 3.8) is 0 Å². The van der Waals surface area contributed by atoms with E-state index in [1.807, 2.05) is 16.8 Å². The molecule has 3 aromatic rings. The third kappa shape index (κ3) is 3.78. The Morgan fingerprint density at radius 1 is 1.28 bits per heavy atom. The predicted molar refractivity (Wildman–Crippen MR) is 94.8 cm³/mol. The normalized spacial score (nSPS) is 13.0. The number of rotatable bonds is 6. The summed E-state index contributed by atoms with van der Waals surface area (Å²) < 4.78 is 5.21. The zero-order chi connectivity index (χ0) is 17.1. The van der Waals surface area contributed by atoms with Gasteiger partial charge in [0.25, 0.3) is 0 Å². The molecule has 6 nitrogen and oxygen atoms in total. The van der Waals surface area contributed by atoms with Gasteiger partial charge in [-0.1, -0.05) is 23.4 Å². The second-order valence-corrected chi connectivity index (χ2v) is 6.79. The van der Waals surface area contributed by atoms with E-state index in [1.165, 1.54) is 11.1 Å². The number of amides is 1. The molecule has 1 amide bonds. The number of carbonyl (C=O) groups is 1. The highest BCUT2D eigenvalue weighted by molar-refractivity contribution is 7.08. The van der Waals surface area contributed by atoms with Crippen molar-refractivity contribution >= 4 is 17.2 Å². The quantitative estimate of drug-likeness (QED) is 0.711. The van der Waals surface area contributed by atoms with Crippen LogP contribution in [0, 0.1) is 0 Å². The zero-order valence-corrected chi connectivity index (χ0v) is 14.4. The van der Waals surface area contributed by atoms with Crippen molar-refractivity contribution in [2.45, 2.75) is 32.5 Å². The number of aromatic nitrogens is 2. The summed E-state index contributed by atoms with van der Waals surface area (Å²) >= 11 is 1.58. The molecule has 0 saturated carbocycles. The molecule has 4 rings (SSSR count). The Balaban J connectivity index is 1.27. The van der Waals surface area contributed by atoms with Crippen LogP contribution in [0.25, 0.3) is 11.4 Å². The van der Waals surface area contributed by atoms with Crippen LogP contribution in [0.3, 0.4) is 0 Å². The van der Waals surface area contributed by atoms with Crippen molar-refractivity contribution in [2.24, 2.45) is 0 Å². The Morgan fingerprint density at radius 2 is 2.20 bits per heavy atom. The fraction of sp³-hybridized carbons (Fsp3) is 0.278. The molecule has 0 aliphatic carbocycles. The summed E-state index contributed by atoms with van der Waals surface area (Å²) in [6.07, 6.45) is 0.773. The van der Waals surface area contributed by atoms with Crippen LogP contribution in [-0.2, 0) is 30.8 Å². The first kappa shape index (κ1) is 16.0. The molecule has 1 aliphatic heterocycles. The lowest BCUT2D eigenvalue weighted by atomic mass is 10.1. The standard InChI is InChI=1S/C18H18N4O2S/c23-16(20-8-12-1-2-13-9-19-10-15(13)7-12)3-4-17-21-18(22-24-17)14-5-6-25-11-14/h1-2,5-7,11,19H,3-4,8-10H2,(H,20,23). The second kappa shape index (κ2) is 7.16. The Kier molecular flexibility index (Phi) is 4.58. The summed E-state index contributed by atoms with van der Waals surface area (Å²) in [6.45, 7) is 2.37. The van der Waals surface area contributed by atoms with E-state index >= 15 is 0 Å². The molecule has 2 N–H and O–H groups in total. The van der Waals surface area contributed by atoms with Gasteiger partial charge in [-0.2, -0.15) is 16.3 Å².